The largest absolute Gasteiger partial charge is 0.489 e. The molecule has 1 aromatic carbocycles. The molecule has 6 heteroatoms. The number of furan rings is 1. The number of rotatable bonds is 5. The lowest BCUT2D eigenvalue weighted by Gasteiger charge is -2.34. The highest BCUT2D eigenvalue weighted by Gasteiger charge is 2.23. The Morgan fingerprint density at radius 3 is 3.11 bits per heavy atom. The zero-order chi connectivity index (χ0) is 18.6. The van der Waals surface area contributed by atoms with E-state index in [9.17, 15) is 4.79 Å². The standard InChI is InChI=1S/C21H23ClN2O3/c22-18-5-6-19-17(10-18)9-16(14-27-19)13-24-7-1-3-15(12-24)11-23-21(25)20-4-2-8-26-20/h2,4-6,8-10,15H,1,3,7,11-14H2,(H,23,25)/t15-/m1/s1. The van der Waals surface area contributed by atoms with E-state index in [1.165, 1.54) is 11.8 Å². The van der Waals surface area contributed by atoms with Gasteiger partial charge in [-0.05, 0) is 67.3 Å². The molecule has 2 aliphatic rings. The molecule has 0 spiro atoms. The molecular formula is C21H23ClN2O3. The lowest BCUT2D eigenvalue weighted by molar-refractivity contribution is 0.0906. The van der Waals surface area contributed by atoms with Crippen molar-refractivity contribution in [1.29, 1.82) is 0 Å². The minimum atomic E-state index is -0.144. The number of nitrogens with one attached hydrogen (secondary N) is 1. The van der Waals surface area contributed by atoms with Gasteiger partial charge in [-0.1, -0.05) is 11.6 Å². The Kier molecular flexibility index (Phi) is 5.50. The number of ether oxygens (including phenoxy) is 1. The lowest BCUT2D eigenvalue weighted by Crippen LogP contribution is -2.42. The Balaban J connectivity index is 1.31. The van der Waals surface area contributed by atoms with Crippen LogP contribution in [0.15, 0.2) is 46.6 Å². The molecule has 2 aliphatic heterocycles. The van der Waals surface area contributed by atoms with Gasteiger partial charge < -0.3 is 14.5 Å². The minimum absolute atomic E-state index is 0.144. The number of piperidine rings is 1. The molecule has 0 bridgehead atoms. The predicted octanol–water partition coefficient (Wildman–Crippen LogP) is 3.85. The van der Waals surface area contributed by atoms with Gasteiger partial charge in [-0.2, -0.15) is 0 Å². The smallest absolute Gasteiger partial charge is 0.286 e. The van der Waals surface area contributed by atoms with Crippen molar-refractivity contribution >= 4 is 23.6 Å². The number of nitrogens with zero attached hydrogens (tertiary/aromatic N) is 1. The molecule has 1 atom stereocenters. The number of hydrogen-bond donors (Lipinski definition) is 1. The van der Waals surface area contributed by atoms with E-state index >= 15 is 0 Å². The molecule has 0 unspecified atom stereocenters. The fourth-order valence-corrected chi connectivity index (χ4v) is 3.95. The van der Waals surface area contributed by atoms with Crippen LogP contribution in [0.4, 0.5) is 0 Å². The van der Waals surface area contributed by atoms with Crippen LogP contribution in [0.2, 0.25) is 5.02 Å². The Bertz CT molecular complexity index is 832. The lowest BCUT2D eigenvalue weighted by atomic mass is 9.97. The molecule has 3 heterocycles. The van der Waals surface area contributed by atoms with Gasteiger partial charge in [0, 0.05) is 30.2 Å². The number of amides is 1. The van der Waals surface area contributed by atoms with Crippen molar-refractivity contribution in [1.82, 2.24) is 10.2 Å². The van der Waals surface area contributed by atoms with Crippen molar-refractivity contribution in [3.05, 3.63) is 58.5 Å². The molecule has 1 N–H and O–H groups in total. The van der Waals surface area contributed by atoms with Crippen molar-refractivity contribution in [2.45, 2.75) is 12.8 Å². The second kappa shape index (κ2) is 8.19. The molecule has 0 saturated carbocycles. The maximum atomic E-state index is 12.0. The van der Waals surface area contributed by atoms with E-state index in [-0.39, 0.29) is 5.91 Å². The maximum absolute atomic E-state index is 12.0. The Hall–Kier alpha value is -2.24. The third-order valence-electron chi connectivity index (χ3n) is 5.07. The summed E-state index contributed by atoms with van der Waals surface area (Å²) in [6, 6.07) is 9.12. The van der Waals surface area contributed by atoms with E-state index in [2.05, 4.69) is 16.3 Å². The molecule has 4 rings (SSSR count). The van der Waals surface area contributed by atoms with Gasteiger partial charge >= 0.3 is 0 Å². The summed E-state index contributed by atoms with van der Waals surface area (Å²) in [4.78, 5) is 14.5. The summed E-state index contributed by atoms with van der Waals surface area (Å²) >= 11 is 6.10. The fourth-order valence-electron chi connectivity index (χ4n) is 3.77. The number of halogens is 1. The first-order valence-electron chi connectivity index (χ1n) is 9.33. The van der Waals surface area contributed by atoms with E-state index in [0.29, 0.717) is 24.8 Å². The summed E-state index contributed by atoms with van der Waals surface area (Å²) < 4.78 is 11.0. The highest BCUT2D eigenvalue weighted by atomic mass is 35.5. The van der Waals surface area contributed by atoms with Crippen molar-refractivity contribution in [3.63, 3.8) is 0 Å². The second-order valence-corrected chi connectivity index (χ2v) is 7.64. The van der Waals surface area contributed by atoms with Crippen LogP contribution >= 0.6 is 11.6 Å². The summed E-state index contributed by atoms with van der Waals surface area (Å²) in [5.74, 6) is 1.56. The molecule has 1 fully saturated rings. The molecule has 1 amide bonds. The number of fused-ring (bicyclic) bond motifs is 1. The van der Waals surface area contributed by atoms with Crippen LogP contribution in [0.3, 0.4) is 0 Å². The van der Waals surface area contributed by atoms with Crippen LogP contribution in [0, 0.1) is 5.92 Å². The first kappa shape index (κ1) is 18.1. The van der Waals surface area contributed by atoms with Crippen molar-refractivity contribution in [2.24, 2.45) is 5.92 Å². The SMILES string of the molecule is O=C(NC[C@H]1CCCN(CC2=Cc3cc(Cl)ccc3OC2)C1)c1ccco1. The summed E-state index contributed by atoms with van der Waals surface area (Å²) in [5.41, 5.74) is 2.30. The molecule has 1 saturated heterocycles. The summed E-state index contributed by atoms with van der Waals surface area (Å²) in [6.45, 7) is 4.21. The molecule has 0 aliphatic carbocycles. The van der Waals surface area contributed by atoms with Crippen LogP contribution < -0.4 is 10.1 Å². The molecule has 5 nitrogen and oxygen atoms in total. The first-order chi connectivity index (χ1) is 13.2. The predicted molar refractivity (Wildman–Crippen MR) is 105 cm³/mol. The monoisotopic (exact) mass is 386 g/mol. The third kappa shape index (κ3) is 4.54. The Morgan fingerprint density at radius 2 is 2.26 bits per heavy atom. The quantitative estimate of drug-likeness (QED) is 0.848. The van der Waals surface area contributed by atoms with Gasteiger partial charge in [0.05, 0.1) is 6.26 Å². The zero-order valence-corrected chi connectivity index (χ0v) is 15.9. The molecular weight excluding hydrogens is 364 g/mol. The summed E-state index contributed by atoms with van der Waals surface area (Å²) in [7, 11) is 0. The number of benzene rings is 1. The van der Waals surface area contributed by atoms with Gasteiger partial charge in [0.25, 0.3) is 5.91 Å². The van der Waals surface area contributed by atoms with Crippen LogP contribution in [-0.2, 0) is 0 Å². The molecule has 27 heavy (non-hydrogen) atoms. The fraction of sp³-hybridized carbons (Fsp3) is 0.381. The zero-order valence-electron chi connectivity index (χ0n) is 15.1. The van der Waals surface area contributed by atoms with Gasteiger partial charge in [-0.15, -0.1) is 0 Å². The van der Waals surface area contributed by atoms with Crippen molar-refractivity contribution in [3.8, 4) is 5.75 Å². The minimum Gasteiger partial charge on any atom is -0.489 e. The topological polar surface area (TPSA) is 54.7 Å². The van der Waals surface area contributed by atoms with Crippen molar-refractivity contribution < 1.29 is 13.9 Å². The Morgan fingerprint density at radius 1 is 1.33 bits per heavy atom. The van der Waals surface area contributed by atoms with Gasteiger partial charge in [0.1, 0.15) is 12.4 Å². The van der Waals surface area contributed by atoms with E-state index in [0.717, 1.165) is 48.8 Å². The van der Waals surface area contributed by atoms with E-state index in [1.807, 2.05) is 18.2 Å². The molecule has 2 aromatic rings. The van der Waals surface area contributed by atoms with E-state index in [1.54, 1.807) is 12.1 Å². The number of likely N-dealkylation sites (tertiary alicyclic amines) is 1. The average molecular weight is 387 g/mol. The molecule has 1 aromatic heterocycles. The third-order valence-corrected chi connectivity index (χ3v) is 5.31. The Labute approximate surface area is 163 Å². The molecule has 0 radical (unpaired) electrons. The van der Waals surface area contributed by atoms with Crippen LogP contribution in [0.5, 0.6) is 5.75 Å². The first-order valence-corrected chi connectivity index (χ1v) is 9.71. The second-order valence-electron chi connectivity index (χ2n) is 7.20. The number of carbonyl (C=O) groups is 1. The van der Waals surface area contributed by atoms with Gasteiger partial charge in [0.2, 0.25) is 0 Å². The number of carbonyl (C=O) groups excluding carboxylic acids is 1. The highest BCUT2D eigenvalue weighted by Crippen LogP contribution is 2.29. The molecule has 142 valence electrons. The summed E-state index contributed by atoms with van der Waals surface area (Å²) in [6.07, 6.45) is 5.97. The number of hydrogen-bond acceptors (Lipinski definition) is 4. The maximum Gasteiger partial charge on any atom is 0.286 e. The van der Waals surface area contributed by atoms with Crippen LogP contribution in [0.1, 0.15) is 29.0 Å². The highest BCUT2D eigenvalue weighted by molar-refractivity contribution is 6.30. The van der Waals surface area contributed by atoms with Crippen LogP contribution in [0.25, 0.3) is 6.08 Å². The van der Waals surface area contributed by atoms with E-state index in [4.69, 9.17) is 20.8 Å². The van der Waals surface area contributed by atoms with Gasteiger partial charge in [-0.25, -0.2) is 0 Å². The van der Waals surface area contributed by atoms with E-state index < -0.39 is 0 Å². The normalized spacial score (nSPS) is 19.7. The average Bonchev–Trinajstić information content (AvgIpc) is 3.21. The van der Waals surface area contributed by atoms with Gasteiger partial charge in [-0.3, -0.25) is 9.69 Å². The van der Waals surface area contributed by atoms with Crippen molar-refractivity contribution in [2.75, 3.05) is 32.8 Å². The van der Waals surface area contributed by atoms with Gasteiger partial charge in [0.15, 0.2) is 5.76 Å². The summed E-state index contributed by atoms with van der Waals surface area (Å²) in [5, 5.41) is 3.71. The van der Waals surface area contributed by atoms with Crippen LogP contribution in [-0.4, -0.2) is 43.6 Å².